The summed E-state index contributed by atoms with van der Waals surface area (Å²) in [5.74, 6) is 2.08. The quantitative estimate of drug-likeness (QED) is 0.736. The molecule has 0 fully saturated rings. The molecule has 0 aliphatic carbocycles. The second-order valence-electron chi connectivity index (χ2n) is 4.91. The van der Waals surface area contributed by atoms with Crippen LogP contribution < -0.4 is 0 Å². The normalized spacial score (nSPS) is 11.2. The average Bonchev–Trinajstić information content (AvgIpc) is 3.09. The highest BCUT2D eigenvalue weighted by Gasteiger charge is 2.15. The third kappa shape index (κ3) is 2.98. The molecule has 0 saturated heterocycles. The number of hydrogen-bond donors (Lipinski definition) is 0. The Labute approximate surface area is 131 Å². The summed E-state index contributed by atoms with van der Waals surface area (Å²) >= 11 is 2.91. The van der Waals surface area contributed by atoms with Crippen LogP contribution in [0.15, 0.2) is 39.8 Å². The van der Waals surface area contributed by atoms with Crippen LogP contribution in [-0.2, 0) is 7.05 Å². The highest BCUT2D eigenvalue weighted by Crippen LogP contribution is 2.30. The number of hydrogen-bond acceptors (Lipinski definition) is 6. The lowest BCUT2D eigenvalue weighted by Crippen LogP contribution is -1.94. The van der Waals surface area contributed by atoms with E-state index in [-0.39, 0.29) is 0 Å². The van der Waals surface area contributed by atoms with Gasteiger partial charge in [-0.15, -0.1) is 10.2 Å². The minimum atomic E-state index is 0.343. The van der Waals surface area contributed by atoms with Crippen LogP contribution in [0.1, 0.15) is 25.6 Å². The third-order valence-corrected chi connectivity index (χ3v) is 4.79. The number of nitrogens with zero attached hydrogens (tertiary/aromatic N) is 5. The number of benzene rings is 1. The molecule has 0 saturated carbocycles. The first-order valence-corrected chi connectivity index (χ1v) is 8.20. The Morgan fingerprint density at radius 1 is 1.14 bits per heavy atom. The third-order valence-electron chi connectivity index (χ3n) is 2.98. The highest BCUT2D eigenvalue weighted by molar-refractivity contribution is 8.00. The van der Waals surface area contributed by atoms with Gasteiger partial charge in [0.05, 0.1) is 0 Å². The van der Waals surface area contributed by atoms with Gasteiger partial charge in [-0.1, -0.05) is 44.2 Å². The van der Waals surface area contributed by atoms with E-state index in [9.17, 15) is 0 Å². The molecule has 5 nitrogen and oxygen atoms in total. The van der Waals surface area contributed by atoms with Crippen LogP contribution in [0, 0.1) is 0 Å². The number of rotatable bonds is 4. The Hall–Kier alpha value is -1.73. The van der Waals surface area contributed by atoms with Gasteiger partial charge in [-0.2, -0.15) is 4.37 Å². The van der Waals surface area contributed by atoms with E-state index in [0.29, 0.717) is 5.92 Å². The van der Waals surface area contributed by atoms with E-state index in [0.717, 1.165) is 26.7 Å². The van der Waals surface area contributed by atoms with Crippen molar-refractivity contribution in [3.63, 3.8) is 0 Å². The zero-order valence-corrected chi connectivity index (χ0v) is 13.6. The molecule has 0 aliphatic heterocycles. The molecule has 0 spiro atoms. The highest BCUT2D eigenvalue weighted by atomic mass is 32.2. The van der Waals surface area contributed by atoms with Crippen LogP contribution in [0.25, 0.3) is 11.4 Å². The first-order valence-electron chi connectivity index (χ1n) is 6.61. The fourth-order valence-electron chi connectivity index (χ4n) is 1.82. The van der Waals surface area contributed by atoms with Crippen LogP contribution in [0.4, 0.5) is 0 Å². The molecule has 108 valence electrons. The molecule has 1 aromatic carbocycles. The smallest absolute Gasteiger partial charge is 0.198 e. The molecule has 3 aromatic rings. The largest absolute Gasteiger partial charge is 0.305 e. The van der Waals surface area contributed by atoms with E-state index < -0.39 is 0 Å². The molecule has 0 aliphatic rings. The Kier molecular flexibility index (Phi) is 4.03. The molecule has 0 amide bonds. The van der Waals surface area contributed by atoms with E-state index >= 15 is 0 Å². The first-order chi connectivity index (χ1) is 10.1. The van der Waals surface area contributed by atoms with Crippen LogP contribution in [-0.4, -0.2) is 24.1 Å². The van der Waals surface area contributed by atoms with Crippen LogP contribution in [0.2, 0.25) is 0 Å². The van der Waals surface area contributed by atoms with Gasteiger partial charge in [-0.3, -0.25) is 0 Å². The summed E-state index contributed by atoms with van der Waals surface area (Å²) in [5.41, 5.74) is 1.06. The summed E-state index contributed by atoms with van der Waals surface area (Å²) in [7, 11) is 1.97. The Morgan fingerprint density at radius 2 is 1.90 bits per heavy atom. The standard InChI is InChI=1S/C14H15N5S2/c1-9(2)11-15-14(21-18-11)20-13-17-16-12(19(13)3)10-7-5-4-6-8-10/h4-9H,1-3H3. The summed E-state index contributed by atoms with van der Waals surface area (Å²) < 4.78 is 7.24. The maximum absolute atomic E-state index is 4.52. The van der Waals surface area contributed by atoms with Crippen LogP contribution in [0.5, 0.6) is 0 Å². The van der Waals surface area contributed by atoms with Gasteiger partial charge in [0.15, 0.2) is 15.3 Å². The Bertz CT molecular complexity index is 733. The van der Waals surface area contributed by atoms with Crippen molar-refractivity contribution in [3.05, 3.63) is 36.2 Å². The maximum atomic E-state index is 4.52. The van der Waals surface area contributed by atoms with Gasteiger partial charge < -0.3 is 4.57 Å². The molecule has 2 heterocycles. The average molecular weight is 317 g/mol. The molecular weight excluding hydrogens is 302 g/mol. The number of aromatic nitrogens is 5. The van der Waals surface area contributed by atoms with Crippen molar-refractivity contribution >= 4 is 23.3 Å². The lowest BCUT2D eigenvalue weighted by molar-refractivity contribution is 0.782. The summed E-state index contributed by atoms with van der Waals surface area (Å²) in [4.78, 5) is 4.52. The molecule has 0 bridgehead atoms. The summed E-state index contributed by atoms with van der Waals surface area (Å²) in [6.07, 6.45) is 0. The fraction of sp³-hybridized carbons (Fsp3) is 0.286. The van der Waals surface area contributed by atoms with Crippen molar-refractivity contribution in [2.45, 2.75) is 29.3 Å². The van der Waals surface area contributed by atoms with Gasteiger partial charge in [0.1, 0.15) is 5.82 Å². The summed E-state index contributed by atoms with van der Waals surface area (Å²) in [6.45, 7) is 4.18. The molecule has 0 unspecified atom stereocenters. The molecule has 0 radical (unpaired) electrons. The zero-order valence-electron chi connectivity index (χ0n) is 12.0. The predicted octanol–water partition coefficient (Wildman–Crippen LogP) is 3.61. The Morgan fingerprint density at radius 3 is 2.57 bits per heavy atom. The van der Waals surface area contributed by atoms with Gasteiger partial charge in [-0.05, 0) is 23.3 Å². The molecule has 3 rings (SSSR count). The topological polar surface area (TPSA) is 56.5 Å². The first kappa shape index (κ1) is 14.2. The van der Waals surface area contributed by atoms with E-state index in [2.05, 4.69) is 33.4 Å². The molecule has 7 heteroatoms. The van der Waals surface area contributed by atoms with Gasteiger partial charge in [-0.25, -0.2) is 4.98 Å². The molecule has 2 aromatic heterocycles. The molecular formula is C14H15N5S2. The van der Waals surface area contributed by atoms with Crippen molar-refractivity contribution in [1.82, 2.24) is 24.1 Å². The zero-order chi connectivity index (χ0) is 14.8. The van der Waals surface area contributed by atoms with Gasteiger partial charge in [0.25, 0.3) is 0 Å². The summed E-state index contributed by atoms with van der Waals surface area (Å²) in [5, 5.41) is 9.35. The van der Waals surface area contributed by atoms with Gasteiger partial charge in [0, 0.05) is 18.5 Å². The fourth-order valence-corrected chi connectivity index (χ4v) is 3.46. The van der Waals surface area contributed by atoms with E-state index in [1.165, 1.54) is 23.3 Å². The van der Waals surface area contributed by atoms with Crippen molar-refractivity contribution in [2.24, 2.45) is 7.05 Å². The van der Waals surface area contributed by atoms with Gasteiger partial charge in [0.2, 0.25) is 0 Å². The second-order valence-corrected chi connectivity index (χ2v) is 6.87. The van der Waals surface area contributed by atoms with Crippen molar-refractivity contribution in [2.75, 3.05) is 0 Å². The van der Waals surface area contributed by atoms with Crippen molar-refractivity contribution in [1.29, 1.82) is 0 Å². The molecule has 0 atom stereocenters. The monoisotopic (exact) mass is 317 g/mol. The molecule has 21 heavy (non-hydrogen) atoms. The minimum Gasteiger partial charge on any atom is -0.305 e. The van der Waals surface area contributed by atoms with Gasteiger partial charge >= 0.3 is 0 Å². The van der Waals surface area contributed by atoms with Crippen LogP contribution >= 0.6 is 23.3 Å². The maximum Gasteiger partial charge on any atom is 0.198 e. The van der Waals surface area contributed by atoms with E-state index in [1.807, 2.05) is 41.9 Å². The summed E-state index contributed by atoms with van der Waals surface area (Å²) in [6, 6.07) is 10.0. The van der Waals surface area contributed by atoms with Crippen molar-refractivity contribution in [3.8, 4) is 11.4 Å². The lowest BCUT2D eigenvalue weighted by Gasteiger charge is -2.02. The Balaban J connectivity index is 1.85. The van der Waals surface area contributed by atoms with E-state index in [4.69, 9.17) is 0 Å². The van der Waals surface area contributed by atoms with E-state index in [1.54, 1.807) is 0 Å². The second kappa shape index (κ2) is 5.95. The molecule has 0 N–H and O–H groups in total. The predicted molar refractivity (Wildman–Crippen MR) is 84.6 cm³/mol. The van der Waals surface area contributed by atoms with Crippen LogP contribution in [0.3, 0.4) is 0 Å². The van der Waals surface area contributed by atoms with Crippen molar-refractivity contribution < 1.29 is 0 Å². The lowest BCUT2D eigenvalue weighted by atomic mass is 10.2. The minimum absolute atomic E-state index is 0.343. The SMILES string of the molecule is CC(C)c1nsc(Sc2nnc(-c3ccccc3)n2C)n1.